The third-order valence-corrected chi connectivity index (χ3v) is 4.65. The van der Waals surface area contributed by atoms with Crippen LogP contribution in [0, 0.1) is 0 Å². The Morgan fingerprint density at radius 1 is 1.26 bits per heavy atom. The number of carbonyl (C=O) groups is 1. The fourth-order valence-corrected chi connectivity index (χ4v) is 3.34. The largest absolute Gasteiger partial charge is 0.307 e. The summed E-state index contributed by atoms with van der Waals surface area (Å²) < 4.78 is 1.06. The van der Waals surface area contributed by atoms with E-state index in [-0.39, 0.29) is 5.91 Å². The zero-order chi connectivity index (χ0) is 16.6. The van der Waals surface area contributed by atoms with Crippen LogP contribution in [-0.2, 0) is 0 Å². The van der Waals surface area contributed by atoms with Gasteiger partial charge in [-0.1, -0.05) is 53.2 Å². The molecular weight excluding hydrogens is 352 g/mol. The zero-order valence-corrected chi connectivity index (χ0v) is 14.6. The second-order valence-electron chi connectivity index (χ2n) is 5.77. The SMILES string of the molecule is C=C(C)c1ccc(C(=O)Nc2cc3c(cn2)C(Br)=CC3C)cc1. The fraction of sp³-hybridized carbons (Fsp3) is 0.158. The molecule has 1 aliphatic rings. The number of hydrogen-bond acceptors (Lipinski definition) is 2. The highest BCUT2D eigenvalue weighted by Crippen LogP contribution is 2.39. The smallest absolute Gasteiger partial charge is 0.256 e. The lowest BCUT2D eigenvalue weighted by atomic mass is 10.0. The van der Waals surface area contributed by atoms with Crippen molar-refractivity contribution >= 4 is 37.7 Å². The van der Waals surface area contributed by atoms with Gasteiger partial charge in [0.05, 0.1) is 0 Å². The summed E-state index contributed by atoms with van der Waals surface area (Å²) in [5.41, 5.74) is 4.86. The van der Waals surface area contributed by atoms with Crippen LogP contribution in [0.3, 0.4) is 0 Å². The molecule has 1 aromatic carbocycles. The van der Waals surface area contributed by atoms with Crippen LogP contribution in [0.15, 0.2) is 49.2 Å². The van der Waals surface area contributed by atoms with Gasteiger partial charge in [-0.3, -0.25) is 4.79 Å². The highest BCUT2D eigenvalue weighted by Gasteiger charge is 2.20. The number of fused-ring (bicyclic) bond motifs is 1. The first-order valence-corrected chi connectivity index (χ1v) is 8.20. The lowest BCUT2D eigenvalue weighted by Crippen LogP contribution is -2.13. The van der Waals surface area contributed by atoms with Gasteiger partial charge >= 0.3 is 0 Å². The first-order valence-electron chi connectivity index (χ1n) is 7.40. The van der Waals surface area contributed by atoms with Crippen LogP contribution in [-0.4, -0.2) is 10.9 Å². The van der Waals surface area contributed by atoms with Crippen molar-refractivity contribution in [3.05, 3.63) is 71.4 Å². The molecular formula is C19H17BrN2O. The number of aromatic nitrogens is 1. The Balaban J connectivity index is 1.79. The Hall–Kier alpha value is -2.20. The van der Waals surface area contributed by atoms with Crippen molar-refractivity contribution < 1.29 is 4.79 Å². The number of hydrogen-bond donors (Lipinski definition) is 1. The average molecular weight is 369 g/mol. The fourth-order valence-electron chi connectivity index (χ4n) is 2.61. The van der Waals surface area contributed by atoms with E-state index in [1.807, 2.05) is 25.1 Å². The number of nitrogens with one attached hydrogen (secondary N) is 1. The summed E-state index contributed by atoms with van der Waals surface area (Å²) >= 11 is 3.53. The van der Waals surface area contributed by atoms with Gasteiger partial charge in [0.1, 0.15) is 5.82 Å². The van der Waals surface area contributed by atoms with Gasteiger partial charge in [0.25, 0.3) is 5.91 Å². The lowest BCUT2D eigenvalue weighted by molar-refractivity contribution is 0.102. The van der Waals surface area contributed by atoms with E-state index in [1.165, 1.54) is 5.56 Å². The molecule has 0 bridgehead atoms. The molecule has 0 radical (unpaired) electrons. The average Bonchev–Trinajstić information content (AvgIpc) is 2.81. The molecule has 0 saturated carbocycles. The zero-order valence-electron chi connectivity index (χ0n) is 13.1. The summed E-state index contributed by atoms with van der Waals surface area (Å²) in [4.78, 5) is 16.7. The third-order valence-electron chi connectivity index (χ3n) is 3.96. The van der Waals surface area contributed by atoms with E-state index in [1.54, 1.807) is 18.3 Å². The number of allylic oxidation sites excluding steroid dienone is 2. The number of halogens is 1. The number of nitrogens with zero attached hydrogens (tertiary/aromatic N) is 1. The Kier molecular flexibility index (Phi) is 4.18. The van der Waals surface area contributed by atoms with E-state index in [4.69, 9.17) is 0 Å². The van der Waals surface area contributed by atoms with Gasteiger partial charge in [0.15, 0.2) is 0 Å². The van der Waals surface area contributed by atoms with Crippen LogP contribution in [0.2, 0.25) is 0 Å². The molecule has 1 heterocycles. The highest BCUT2D eigenvalue weighted by atomic mass is 79.9. The van der Waals surface area contributed by atoms with Crippen LogP contribution in [0.4, 0.5) is 5.82 Å². The van der Waals surface area contributed by atoms with Crippen molar-refractivity contribution in [2.45, 2.75) is 19.8 Å². The van der Waals surface area contributed by atoms with E-state index in [9.17, 15) is 4.79 Å². The molecule has 1 amide bonds. The number of benzene rings is 1. The molecule has 0 aliphatic heterocycles. The van der Waals surface area contributed by atoms with Crippen molar-refractivity contribution in [2.75, 3.05) is 5.32 Å². The summed E-state index contributed by atoms with van der Waals surface area (Å²) in [5, 5.41) is 2.86. The highest BCUT2D eigenvalue weighted by molar-refractivity contribution is 9.15. The summed E-state index contributed by atoms with van der Waals surface area (Å²) in [6.45, 7) is 7.96. The van der Waals surface area contributed by atoms with Gasteiger partial charge in [-0.15, -0.1) is 0 Å². The van der Waals surface area contributed by atoms with E-state index >= 15 is 0 Å². The molecule has 1 aromatic heterocycles. The third kappa shape index (κ3) is 3.13. The summed E-state index contributed by atoms with van der Waals surface area (Å²) in [6, 6.07) is 9.33. The van der Waals surface area contributed by atoms with Gasteiger partial charge in [-0.2, -0.15) is 0 Å². The first kappa shape index (κ1) is 15.7. The van der Waals surface area contributed by atoms with Gasteiger partial charge in [0.2, 0.25) is 0 Å². The Morgan fingerprint density at radius 2 is 1.91 bits per heavy atom. The first-order chi connectivity index (χ1) is 11.0. The molecule has 116 valence electrons. The van der Waals surface area contributed by atoms with Gasteiger partial charge in [-0.25, -0.2) is 4.98 Å². The van der Waals surface area contributed by atoms with E-state index in [2.05, 4.69) is 45.8 Å². The summed E-state index contributed by atoms with van der Waals surface area (Å²) in [6.07, 6.45) is 3.92. The van der Waals surface area contributed by atoms with Crippen molar-refractivity contribution in [1.82, 2.24) is 4.98 Å². The minimum absolute atomic E-state index is 0.164. The molecule has 1 atom stereocenters. The quantitative estimate of drug-likeness (QED) is 0.806. The number of anilines is 1. The molecule has 2 aromatic rings. The molecule has 1 aliphatic carbocycles. The number of carbonyl (C=O) groups excluding carboxylic acids is 1. The number of pyridine rings is 1. The van der Waals surface area contributed by atoms with Crippen molar-refractivity contribution in [2.24, 2.45) is 0 Å². The summed E-state index contributed by atoms with van der Waals surface area (Å²) in [7, 11) is 0. The minimum Gasteiger partial charge on any atom is -0.307 e. The van der Waals surface area contributed by atoms with Crippen LogP contribution in [0.5, 0.6) is 0 Å². The van der Waals surface area contributed by atoms with E-state index < -0.39 is 0 Å². The minimum atomic E-state index is -0.164. The maximum absolute atomic E-state index is 12.3. The monoisotopic (exact) mass is 368 g/mol. The summed E-state index contributed by atoms with van der Waals surface area (Å²) in [5.74, 6) is 0.719. The maximum atomic E-state index is 12.3. The predicted octanol–water partition coefficient (Wildman–Crippen LogP) is 5.22. The molecule has 0 spiro atoms. The van der Waals surface area contributed by atoms with Crippen molar-refractivity contribution in [3.8, 4) is 0 Å². The van der Waals surface area contributed by atoms with Gasteiger partial charge < -0.3 is 5.32 Å². The topological polar surface area (TPSA) is 42.0 Å². The molecule has 23 heavy (non-hydrogen) atoms. The molecule has 0 saturated heterocycles. The molecule has 0 fully saturated rings. The molecule has 3 nitrogen and oxygen atoms in total. The van der Waals surface area contributed by atoms with Crippen molar-refractivity contribution in [1.29, 1.82) is 0 Å². The van der Waals surface area contributed by atoms with Crippen LogP contribution < -0.4 is 5.32 Å². The maximum Gasteiger partial charge on any atom is 0.256 e. The second-order valence-corrected chi connectivity index (χ2v) is 6.63. The number of rotatable bonds is 3. The van der Waals surface area contributed by atoms with Crippen molar-refractivity contribution in [3.63, 3.8) is 0 Å². The van der Waals surface area contributed by atoms with E-state index in [0.29, 0.717) is 17.3 Å². The Bertz CT molecular complexity index is 822. The molecule has 4 heteroatoms. The van der Waals surface area contributed by atoms with Crippen LogP contribution in [0.1, 0.15) is 46.8 Å². The Morgan fingerprint density at radius 3 is 2.57 bits per heavy atom. The van der Waals surface area contributed by atoms with Gasteiger partial charge in [-0.05, 0) is 36.2 Å². The van der Waals surface area contributed by atoms with E-state index in [0.717, 1.165) is 21.2 Å². The number of amides is 1. The second kappa shape index (κ2) is 6.13. The van der Waals surface area contributed by atoms with Gasteiger partial charge in [0, 0.05) is 27.7 Å². The predicted molar refractivity (Wildman–Crippen MR) is 98.7 cm³/mol. The molecule has 3 rings (SSSR count). The lowest BCUT2D eigenvalue weighted by Gasteiger charge is -2.09. The molecule has 1 N–H and O–H groups in total. The molecule has 1 unspecified atom stereocenters. The van der Waals surface area contributed by atoms with Crippen LogP contribution in [0.25, 0.3) is 10.1 Å². The van der Waals surface area contributed by atoms with Crippen LogP contribution >= 0.6 is 15.9 Å². The Labute approximate surface area is 144 Å². The normalized spacial score (nSPS) is 15.8. The standard InChI is InChI=1S/C19H17BrN2O/c1-11(2)13-4-6-14(7-5-13)19(23)22-18-9-15-12(3)8-17(20)16(15)10-21-18/h4-10,12H,1H2,2-3H3,(H,21,22,23).